The second-order valence-electron chi connectivity index (χ2n) is 7.51. The van der Waals surface area contributed by atoms with Crippen LogP contribution in [0.15, 0.2) is 60.2 Å². The molecule has 0 atom stereocenters. The summed E-state index contributed by atoms with van der Waals surface area (Å²) in [5.74, 6) is 0.0986. The number of nitriles is 2. The number of methoxy groups -OCH3 is 1. The summed E-state index contributed by atoms with van der Waals surface area (Å²) >= 11 is 6.44. The number of nitrogens with zero attached hydrogens (tertiary/aromatic N) is 2. The van der Waals surface area contributed by atoms with Crippen molar-refractivity contribution in [3.63, 3.8) is 0 Å². The van der Waals surface area contributed by atoms with Gasteiger partial charge < -0.3 is 14.8 Å². The summed E-state index contributed by atoms with van der Waals surface area (Å²) in [7, 11) is 1.47. The molecule has 34 heavy (non-hydrogen) atoms. The van der Waals surface area contributed by atoms with Crippen LogP contribution in [0.4, 0.5) is 5.69 Å². The average molecular weight is 472 g/mol. The Kier molecular flexibility index (Phi) is 7.92. The van der Waals surface area contributed by atoms with E-state index in [4.69, 9.17) is 21.1 Å². The Labute approximate surface area is 203 Å². The second-order valence-corrected chi connectivity index (χ2v) is 7.92. The smallest absolute Gasteiger partial charge is 0.266 e. The predicted octanol–water partition coefficient (Wildman–Crippen LogP) is 5.96. The Balaban J connectivity index is 1.84. The molecule has 0 radical (unpaired) electrons. The molecule has 3 rings (SSSR count). The average Bonchev–Trinajstić information content (AvgIpc) is 2.83. The van der Waals surface area contributed by atoms with E-state index in [0.29, 0.717) is 33.9 Å². The third-order valence-electron chi connectivity index (χ3n) is 5.20. The van der Waals surface area contributed by atoms with Gasteiger partial charge in [-0.2, -0.15) is 10.5 Å². The van der Waals surface area contributed by atoms with Gasteiger partial charge in [-0.25, -0.2) is 0 Å². The van der Waals surface area contributed by atoms with Crippen LogP contribution in [-0.4, -0.2) is 13.0 Å². The molecule has 0 aliphatic heterocycles. The van der Waals surface area contributed by atoms with Crippen molar-refractivity contribution in [3.05, 3.63) is 93.0 Å². The number of carbonyl (C=O) groups is 1. The Bertz CT molecular complexity index is 1350. The van der Waals surface area contributed by atoms with Crippen molar-refractivity contribution < 1.29 is 14.3 Å². The zero-order valence-electron chi connectivity index (χ0n) is 19.0. The highest BCUT2D eigenvalue weighted by Crippen LogP contribution is 2.37. The van der Waals surface area contributed by atoms with Crippen LogP contribution in [-0.2, 0) is 11.4 Å². The highest BCUT2D eigenvalue weighted by atomic mass is 35.5. The molecule has 6 nitrogen and oxygen atoms in total. The minimum Gasteiger partial charge on any atom is -0.493 e. The Morgan fingerprint density at radius 3 is 2.53 bits per heavy atom. The lowest BCUT2D eigenvalue weighted by molar-refractivity contribution is -0.112. The van der Waals surface area contributed by atoms with Gasteiger partial charge in [0, 0.05) is 11.3 Å². The summed E-state index contributed by atoms with van der Waals surface area (Å²) in [5.41, 5.74) is 4.36. The number of anilines is 1. The van der Waals surface area contributed by atoms with Crippen molar-refractivity contribution in [2.24, 2.45) is 0 Å². The minimum atomic E-state index is -0.533. The molecule has 0 unspecified atom stereocenters. The Morgan fingerprint density at radius 2 is 1.85 bits per heavy atom. The summed E-state index contributed by atoms with van der Waals surface area (Å²) in [6, 6.07) is 19.9. The van der Waals surface area contributed by atoms with Gasteiger partial charge in [0.1, 0.15) is 18.2 Å². The van der Waals surface area contributed by atoms with Crippen LogP contribution >= 0.6 is 11.6 Å². The quantitative estimate of drug-likeness (QED) is 0.338. The van der Waals surface area contributed by atoms with Gasteiger partial charge in [0.05, 0.1) is 23.8 Å². The highest BCUT2D eigenvalue weighted by Gasteiger charge is 2.15. The first-order valence-electron chi connectivity index (χ1n) is 10.3. The first kappa shape index (κ1) is 24.4. The predicted molar refractivity (Wildman–Crippen MR) is 132 cm³/mol. The third-order valence-corrected chi connectivity index (χ3v) is 5.48. The van der Waals surface area contributed by atoms with E-state index in [2.05, 4.69) is 11.4 Å². The molecule has 0 aliphatic rings. The number of aryl methyl sites for hydroxylation is 2. The normalized spacial score (nSPS) is 10.7. The van der Waals surface area contributed by atoms with Gasteiger partial charge >= 0.3 is 0 Å². The van der Waals surface area contributed by atoms with Gasteiger partial charge in [-0.1, -0.05) is 35.9 Å². The molecule has 1 N–H and O–H groups in total. The third kappa shape index (κ3) is 5.75. The van der Waals surface area contributed by atoms with Gasteiger partial charge in [0.2, 0.25) is 0 Å². The van der Waals surface area contributed by atoms with Gasteiger partial charge in [-0.3, -0.25) is 4.79 Å². The second kappa shape index (κ2) is 11.0. The van der Waals surface area contributed by atoms with E-state index in [-0.39, 0.29) is 17.2 Å². The molecule has 0 saturated heterocycles. The fourth-order valence-electron chi connectivity index (χ4n) is 3.20. The standard InChI is InChI=1S/C27H22ClN3O3/c1-17-8-9-23(10-18(17)2)31-27(32)22(15-30)11-19-12-24(28)26(25(13-19)33-3)34-16-21-7-5-4-6-20(21)14-29/h4-13H,16H2,1-3H3,(H,31,32)/b22-11+. The lowest BCUT2D eigenvalue weighted by Crippen LogP contribution is -2.13. The molecule has 3 aromatic carbocycles. The molecule has 0 aromatic heterocycles. The maximum Gasteiger partial charge on any atom is 0.266 e. The van der Waals surface area contributed by atoms with Crippen LogP contribution in [0.3, 0.4) is 0 Å². The number of amides is 1. The molecule has 3 aromatic rings. The number of halogens is 1. The van der Waals surface area contributed by atoms with Crippen molar-refractivity contribution in [2.45, 2.75) is 20.5 Å². The van der Waals surface area contributed by atoms with Crippen molar-refractivity contribution >= 4 is 29.3 Å². The van der Waals surface area contributed by atoms with E-state index in [0.717, 1.165) is 11.1 Å². The van der Waals surface area contributed by atoms with Gasteiger partial charge in [-0.15, -0.1) is 0 Å². The molecule has 0 bridgehead atoms. The van der Waals surface area contributed by atoms with Gasteiger partial charge in [0.15, 0.2) is 11.5 Å². The molecule has 0 spiro atoms. The van der Waals surface area contributed by atoms with Gasteiger partial charge in [0.25, 0.3) is 5.91 Å². The van der Waals surface area contributed by atoms with Crippen LogP contribution < -0.4 is 14.8 Å². The molecule has 0 heterocycles. The lowest BCUT2D eigenvalue weighted by Gasteiger charge is -2.14. The maximum atomic E-state index is 12.7. The fourth-order valence-corrected chi connectivity index (χ4v) is 3.47. The number of hydrogen-bond donors (Lipinski definition) is 1. The zero-order valence-corrected chi connectivity index (χ0v) is 19.7. The first-order chi connectivity index (χ1) is 16.4. The zero-order chi connectivity index (χ0) is 24.7. The van der Waals surface area contributed by atoms with E-state index in [1.807, 2.05) is 38.1 Å². The first-order valence-corrected chi connectivity index (χ1v) is 10.7. The summed E-state index contributed by atoms with van der Waals surface area (Å²) in [5, 5.41) is 21.8. The molecule has 170 valence electrons. The van der Waals surface area contributed by atoms with Crippen LogP contribution in [0, 0.1) is 36.5 Å². The van der Waals surface area contributed by atoms with Crippen molar-refractivity contribution in [3.8, 4) is 23.6 Å². The number of benzene rings is 3. The lowest BCUT2D eigenvalue weighted by atomic mass is 10.1. The van der Waals surface area contributed by atoms with E-state index in [9.17, 15) is 15.3 Å². The Hall–Kier alpha value is -4.26. The number of nitrogens with one attached hydrogen (secondary N) is 1. The van der Waals surface area contributed by atoms with Crippen LogP contribution in [0.25, 0.3) is 6.08 Å². The molecule has 0 saturated carbocycles. The summed E-state index contributed by atoms with van der Waals surface area (Å²) in [6.45, 7) is 4.05. The molecular weight excluding hydrogens is 450 g/mol. The molecule has 0 aliphatic carbocycles. The summed E-state index contributed by atoms with van der Waals surface area (Å²) < 4.78 is 11.3. The van der Waals surface area contributed by atoms with E-state index >= 15 is 0 Å². The molecule has 0 fully saturated rings. The van der Waals surface area contributed by atoms with Crippen LogP contribution in [0.2, 0.25) is 5.02 Å². The number of rotatable bonds is 7. The Morgan fingerprint density at radius 1 is 1.09 bits per heavy atom. The summed E-state index contributed by atoms with van der Waals surface area (Å²) in [4.78, 5) is 12.7. The van der Waals surface area contributed by atoms with Crippen molar-refractivity contribution in [1.82, 2.24) is 0 Å². The number of hydrogen-bond acceptors (Lipinski definition) is 5. The monoisotopic (exact) mass is 471 g/mol. The van der Waals surface area contributed by atoms with Crippen molar-refractivity contribution in [1.29, 1.82) is 10.5 Å². The van der Waals surface area contributed by atoms with E-state index in [1.165, 1.54) is 13.2 Å². The maximum absolute atomic E-state index is 12.7. The molecular formula is C27H22ClN3O3. The number of ether oxygens (including phenoxy) is 2. The largest absolute Gasteiger partial charge is 0.493 e. The fraction of sp³-hybridized carbons (Fsp3) is 0.148. The SMILES string of the molecule is COc1cc(/C=C(\C#N)C(=O)Nc2ccc(C)c(C)c2)cc(Cl)c1OCc1ccccc1C#N. The van der Waals surface area contributed by atoms with Gasteiger partial charge in [-0.05, 0) is 66.9 Å². The van der Waals surface area contributed by atoms with Crippen LogP contribution in [0.5, 0.6) is 11.5 Å². The number of carbonyl (C=O) groups excluding carboxylic acids is 1. The molecule has 1 amide bonds. The van der Waals surface area contributed by atoms with Crippen molar-refractivity contribution in [2.75, 3.05) is 12.4 Å². The van der Waals surface area contributed by atoms with E-state index in [1.54, 1.807) is 36.4 Å². The minimum absolute atomic E-state index is 0.0898. The molecule has 7 heteroatoms. The topological polar surface area (TPSA) is 95.1 Å². The van der Waals surface area contributed by atoms with E-state index < -0.39 is 5.91 Å². The summed E-state index contributed by atoms with van der Waals surface area (Å²) in [6.07, 6.45) is 1.43. The highest BCUT2D eigenvalue weighted by molar-refractivity contribution is 6.32. The van der Waals surface area contributed by atoms with Crippen LogP contribution in [0.1, 0.15) is 27.8 Å².